The second kappa shape index (κ2) is 6.69. The Kier molecular flexibility index (Phi) is 4.47. The quantitative estimate of drug-likeness (QED) is 0.777. The molecule has 1 aliphatic carbocycles. The molecule has 1 unspecified atom stereocenters. The van der Waals surface area contributed by atoms with E-state index in [1.807, 2.05) is 11.8 Å². The van der Waals surface area contributed by atoms with Crippen molar-refractivity contribution >= 4 is 34.3 Å². The molecule has 1 saturated heterocycles. The first kappa shape index (κ1) is 18.1. The van der Waals surface area contributed by atoms with Crippen LogP contribution >= 0.6 is 11.6 Å². The number of rotatable bonds is 3. The highest BCUT2D eigenvalue weighted by Crippen LogP contribution is 2.42. The first-order valence-corrected chi connectivity index (χ1v) is 9.20. The molecule has 2 N–H and O–H groups in total. The highest BCUT2D eigenvalue weighted by molar-refractivity contribution is 6.38. The monoisotopic (exact) mass is 395 g/mol. The number of anilines is 1. The van der Waals surface area contributed by atoms with Crippen molar-refractivity contribution < 1.29 is 19.0 Å². The number of aromatic nitrogens is 1. The largest absolute Gasteiger partial charge is 0.511 e. The third-order valence-corrected chi connectivity index (χ3v) is 5.33. The van der Waals surface area contributed by atoms with Gasteiger partial charge in [0.25, 0.3) is 0 Å². The molecule has 0 bridgehead atoms. The van der Waals surface area contributed by atoms with Crippen LogP contribution in [0.4, 0.5) is 14.9 Å². The second-order valence-electron chi connectivity index (χ2n) is 7.05. The summed E-state index contributed by atoms with van der Waals surface area (Å²) in [6.45, 7) is 3.90. The van der Waals surface area contributed by atoms with Crippen molar-refractivity contribution in [3.05, 3.63) is 33.3 Å². The number of fused-ring (bicyclic) bond motifs is 1. The van der Waals surface area contributed by atoms with Gasteiger partial charge >= 0.3 is 6.16 Å². The Balaban J connectivity index is 1.95. The summed E-state index contributed by atoms with van der Waals surface area (Å²) in [7, 11) is 0. The number of piperazine rings is 1. The predicted octanol–water partition coefficient (Wildman–Crippen LogP) is 2.98. The molecule has 27 heavy (non-hydrogen) atoms. The van der Waals surface area contributed by atoms with Crippen LogP contribution in [0.25, 0.3) is 10.9 Å². The fraction of sp³-hybridized carbons (Fsp3) is 0.444. The Hall–Kier alpha value is -2.32. The van der Waals surface area contributed by atoms with Crippen LogP contribution in [0.1, 0.15) is 25.8 Å². The Labute approximate surface area is 159 Å². The van der Waals surface area contributed by atoms with Gasteiger partial charge in [-0.1, -0.05) is 11.6 Å². The van der Waals surface area contributed by atoms with E-state index >= 15 is 0 Å². The average Bonchev–Trinajstić information content (AvgIpc) is 3.42. The average molecular weight is 396 g/mol. The van der Waals surface area contributed by atoms with E-state index in [-0.39, 0.29) is 33.9 Å². The van der Waals surface area contributed by atoms with E-state index in [2.05, 4.69) is 10.1 Å². The van der Waals surface area contributed by atoms with Gasteiger partial charge in [0, 0.05) is 31.7 Å². The van der Waals surface area contributed by atoms with Crippen LogP contribution in [0.5, 0.6) is 5.75 Å². The Bertz CT molecular complexity index is 989. The van der Waals surface area contributed by atoms with Gasteiger partial charge in [0.2, 0.25) is 5.43 Å². The third kappa shape index (κ3) is 3.23. The zero-order valence-corrected chi connectivity index (χ0v) is 15.4. The van der Waals surface area contributed by atoms with Gasteiger partial charge < -0.3 is 24.6 Å². The zero-order chi connectivity index (χ0) is 19.3. The first-order valence-electron chi connectivity index (χ1n) is 8.82. The maximum Gasteiger partial charge on any atom is 0.511 e. The summed E-state index contributed by atoms with van der Waals surface area (Å²) in [5.41, 5.74) is 0.00744. The van der Waals surface area contributed by atoms with Gasteiger partial charge in [-0.25, -0.2) is 9.18 Å². The van der Waals surface area contributed by atoms with Crippen LogP contribution in [0.2, 0.25) is 5.02 Å². The lowest BCUT2D eigenvalue weighted by atomic mass is 10.1. The maximum absolute atomic E-state index is 15.0. The summed E-state index contributed by atoms with van der Waals surface area (Å²) in [6, 6.07) is 1.41. The summed E-state index contributed by atoms with van der Waals surface area (Å²) in [5.74, 6) is -0.950. The van der Waals surface area contributed by atoms with Crippen LogP contribution in [0.15, 0.2) is 17.1 Å². The highest BCUT2D eigenvalue weighted by Gasteiger charge is 2.30. The number of hydrogen-bond acceptors (Lipinski definition) is 5. The van der Waals surface area contributed by atoms with Gasteiger partial charge in [0.1, 0.15) is 5.82 Å². The number of hydrogen-bond donors (Lipinski definition) is 2. The van der Waals surface area contributed by atoms with Crippen molar-refractivity contribution in [2.24, 2.45) is 0 Å². The molecule has 144 valence electrons. The summed E-state index contributed by atoms with van der Waals surface area (Å²) < 4.78 is 21.3. The van der Waals surface area contributed by atoms with Gasteiger partial charge in [-0.15, -0.1) is 0 Å². The summed E-state index contributed by atoms with van der Waals surface area (Å²) in [5, 5.41) is 12.4. The van der Waals surface area contributed by atoms with E-state index in [4.69, 9.17) is 16.7 Å². The van der Waals surface area contributed by atoms with E-state index in [0.29, 0.717) is 25.2 Å². The van der Waals surface area contributed by atoms with E-state index in [0.717, 1.165) is 18.9 Å². The van der Waals surface area contributed by atoms with Crippen molar-refractivity contribution in [1.82, 2.24) is 9.88 Å². The van der Waals surface area contributed by atoms with Crippen molar-refractivity contribution in [3.8, 4) is 5.75 Å². The molecular formula is C18H19ClFN3O4. The number of benzene rings is 1. The van der Waals surface area contributed by atoms with Crippen molar-refractivity contribution in [2.45, 2.75) is 31.8 Å². The minimum atomic E-state index is -1.59. The molecule has 2 aliphatic rings. The molecule has 1 aliphatic heterocycles. The molecule has 2 heterocycles. The smallest absolute Gasteiger partial charge is 0.449 e. The molecule has 1 aromatic heterocycles. The number of nitrogens with zero attached hydrogens (tertiary/aromatic N) is 2. The standard InChI is InChI=1S/C18H19ClFN3O4/c1-9-7-22(5-4-21-9)16-12(20)6-11-15(14(16)19)23(10-2-3-10)8-13(17(11)24)27-18(25)26/h6,8-10,21H,2-5,7H2,1H3,(H,25,26). The highest BCUT2D eigenvalue weighted by atomic mass is 35.5. The van der Waals surface area contributed by atoms with Crippen molar-refractivity contribution in [2.75, 3.05) is 24.5 Å². The molecule has 0 spiro atoms. The summed E-state index contributed by atoms with van der Waals surface area (Å²) in [6.07, 6.45) is 1.52. The zero-order valence-electron chi connectivity index (χ0n) is 14.7. The molecule has 4 rings (SSSR count). The van der Waals surface area contributed by atoms with E-state index in [1.54, 1.807) is 4.57 Å². The number of pyridine rings is 1. The van der Waals surface area contributed by atoms with Gasteiger partial charge in [-0.3, -0.25) is 4.79 Å². The lowest BCUT2D eigenvalue weighted by molar-refractivity contribution is 0.143. The minimum Gasteiger partial charge on any atom is -0.449 e. The molecule has 0 amide bonds. The van der Waals surface area contributed by atoms with Crippen LogP contribution in [-0.4, -0.2) is 41.5 Å². The third-order valence-electron chi connectivity index (χ3n) is 4.97. The van der Waals surface area contributed by atoms with Gasteiger partial charge in [0.15, 0.2) is 5.75 Å². The lowest BCUT2D eigenvalue weighted by Crippen LogP contribution is -2.49. The van der Waals surface area contributed by atoms with Crippen LogP contribution in [-0.2, 0) is 0 Å². The van der Waals surface area contributed by atoms with E-state index in [1.165, 1.54) is 6.20 Å². The lowest BCUT2D eigenvalue weighted by Gasteiger charge is -2.34. The molecule has 7 nitrogen and oxygen atoms in total. The topological polar surface area (TPSA) is 83.8 Å². The maximum atomic E-state index is 15.0. The van der Waals surface area contributed by atoms with Crippen molar-refractivity contribution in [3.63, 3.8) is 0 Å². The van der Waals surface area contributed by atoms with Gasteiger partial charge in [-0.05, 0) is 25.8 Å². The number of ether oxygens (including phenoxy) is 1. The molecule has 1 aromatic carbocycles. The Morgan fingerprint density at radius 2 is 2.19 bits per heavy atom. The SMILES string of the molecule is CC1CN(c2c(F)cc3c(=O)c(OC(=O)O)cn(C4CC4)c3c2Cl)CCN1. The van der Waals surface area contributed by atoms with E-state index in [9.17, 15) is 14.0 Å². The first-order chi connectivity index (χ1) is 12.9. The molecule has 1 saturated carbocycles. The molecular weight excluding hydrogens is 377 g/mol. The predicted molar refractivity (Wildman–Crippen MR) is 99.8 cm³/mol. The van der Waals surface area contributed by atoms with E-state index < -0.39 is 17.4 Å². The molecule has 2 aromatic rings. The number of carboxylic acid groups (broad SMARTS) is 1. The minimum absolute atomic E-state index is 0.0232. The fourth-order valence-electron chi connectivity index (χ4n) is 3.64. The van der Waals surface area contributed by atoms with Gasteiger partial charge in [0.05, 0.1) is 27.8 Å². The van der Waals surface area contributed by atoms with Gasteiger partial charge in [-0.2, -0.15) is 0 Å². The number of nitrogens with one attached hydrogen (secondary N) is 1. The molecule has 2 fully saturated rings. The second-order valence-corrected chi connectivity index (χ2v) is 7.43. The Morgan fingerprint density at radius 1 is 1.44 bits per heavy atom. The number of halogens is 2. The van der Waals surface area contributed by atoms with Crippen molar-refractivity contribution in [1.29, 1.82) is 0 Å². The van der Waals surface area contributed by atoms with Crippen LogP contribution in [0.3, 0.4) is 0 Å². The molecule has 9 heteroatoms. The normalized spacial score (nSPS) is 20.1. The fourth-order valence-corrected chi connectivity index (χ4v) is 4.05. The number of carbonyl (C=O) groups is 1. The summed E-state index contributed by atoms with van der Waals surface area (Å²) >= 11 is 6.62. The molecule has 0 radical (unpaired) electrons. The molecule has 1 atom stereocenters. The Morgan fingerprint density at radius 3 is 2.81 bits per heavy atom. The van der Waals surface area contributed by atoms with Crippen LogP contribution in [0, 0.1) is 5.82 Å². The van der Waals surface area contributed by atoms with Crippen LogP contribution < -0.4 is 20.4 Å². The summed E-state index contributed by atoms with van der Waals surface area (Å²) in [4.78, 5) is 25.4.